The molecule has 1 saturated heterocycles. The lowest BCUT2D eigenvalue weighted by Crippen LogP contribution is -2.34. The summed E-state index contributed by atoms with van der Waals surface area (Å²) in [5.74, 6) is -0.349. The van der Waals surface area contributed by atoms with Crippen LogP contribution in [0.15, 0.2) is 41.1 Å². The van der Waals surface area contributed by atoms with E-state index in [9.17, 15) is 9.18 Å². The molecule has 0 saturated carbocycles. The van der Waals surface area contributed by atoms with E-state index in [0.29, 0.717) is 5.69 Å². The number of hydrogen-bond acceptors (Lipinski definition) is 2. The molecule has 0 aliphatic carbocycles. The van der Waals surface area contributed by atoms with Crippen molar-refractivity contribution in [2.24, 2.45) is 0 Å². The lowest BCUT2D eigenvalue weighted by molar-refractivity contribution is 0.207. The Balaban J connectivity index is 1.73. The highest BCUT2D eigenvalue weighted by Crippen LogP contribution is 2.33. The normalized spacial score (nSPS) is 18.2. The number of nitrogens with zero attached hydrogens (tertiary/aromatic N) is 1. The van der Waals surface area contributed by atoms with Crippen LogP contribution in [0.2, 0.25) is 0 Å². The first-order valence-corrected chi connectivity index (χ1v) is 7.53. The Hall–Kier alpha value is -1.88. The lowest BCUT2D eigenvalue weighted by atomic mass is 10.1. The average molecular weight is 290 g/mol. The fourth-order valence-corrected chi connectivity index (χ4v) is 3.29. The largest absolute Gasteiger partial charge is 0.322 e. The smallest absolute Gasteiger partial charge is 0.317 e. The van der Waals surface area contributed by atoms with Crippen LogP contribution < -0.4 is 5.32 Å². The molecule has 3 nitrogen and oxygen atoms in total. The number of carbonyl (C=O) groups excluding carboxylic acids is 1. The summed E-state index contributed by atoms with van der Waals surface area (Å²) in [5.41, 5.74) is 1.67. The van der Waals surface area contributed by atoms with Gasteiger partial charge in [0.25, 0.3) is 0 Å². The van der Waals surface area contributed by atoms with E-state index in [1.807, 2.05) is 10.3 Å². The van der Waals surface area contributed by atoms with Gasteiger partial charge in [0, 0.05) is 12.2 Å². The minimum Gasteiger partial charge on any atom is -0.317 e. The van der Waals surface area contributed by atoms with Gasteiger partial charge in [-0.3, -0.25) is 0 Å². The summed E-state index contributed by atoms with van der Waals surface area (Å²) in [5, 5.41) is 6.87. The number of hydrogen-bond donors (Lipinski definition) is 1. The molecule has 1 aliphatic rings. The number of rotatable bonds is 2. The second kappa shape index (κ2) is 5.63. The third-order valence-corrected chi connectivity index (χ3v) is 4.22. The van der Waals surface area contributed by atoms with Gasteiger partial charge in [-0.1, -0.05) is 6.07 Å². The Kier molecular flexibility index (Phi) is 3.69. The van der Waals surface area contributed by atoms with Crippen LogP contribution in [0.1, 0.15) is 24.4 Å². The highest BCUT2D eigenvalue weighted by Gasteiger charge is 2.30. The van der Waals surface area contributed by atoms with Gasteiger partial charge in [-0.25, -0.2) is 9.18 Å². The third-order valence-electron chi connectivity index (χ3n) is 3.52. The first-order chi connectivity index (χ1) is 9.74. The van der Waals surface area contributed by atoms with Crippen LogP contribution >= 0.6 is 11.3 Å². The van der Waals surface area contributed by atoms with Gasteiger partial charge >= 0.3 is 6.03 Å². The molecule has 20 heavy (non-hydrogen) atoms. The van der Waals surface area contributed by atoms with Crippen LogP contribution in [0.25, 0.3) is 0 Å². The molecule has 2 aromatic rings. The van der Waals surface area contributed by atoms with Crippen molar-refractivity contribution in [3.05, 3.63) is 52.5 Å². The van der Waals surface area contributed by atoms with Crippen molar-refractivity contribution in [3.63, 3.8) is 0 Å². The molecule has 104 valence electrons. The van der Waals surface area contributed by atoms with E-state index in [1.54, 1.807) is 23.5 Å². The van der Waals surface area contributed by atoms with E-state index >= 15 is 0 Å². The van der Waals surface area contributed by atoms with Gasteiger partial charge in [-0.15, -0.1) is 0 Å². The minimum atomic E-state index is -0.349. The van der Waals surface area contributed by atoms with Crippen molar-refractivity contribution in [1.82, 2.24) is 4.90 Å². The molecular formula is C15H15FN2OS. The van der Waals surface area contributed by atoms with Crippen LogP contribution in [0.4, 0.5) is 14.9 Å². The van der Waals surface area contributed by atoms with Crippen molar-refractivity contribution in [3.8, 4) is 0 Å². The van der Waals surface area contributed by atoms with Gasteiger partial charge in [-0.05, 0) is 53.4 Å². The monoisotopic (exact) mass is 290 g/mol. The van der Waals surface area contributed by atoms with Crippen LogP contribution in [0.3, 0.4) is 0 Å². The zero-order valence-electron chi connectivity index (χ0n) is 10.9. The number of urea groups is 1. The van der Waals surface area contributed by atoms with E-state index in [1.165, 1.54) is 17.7 Å². The molecule has 1 aromatic heterocycles. The summed E-state index contributed by atoms with van der Waals surface area (Å²) >= 11 is 1.64. The Labute approximate surface area is 121 Å². The average Bonchev–Trinajstić information content (AvgIpc) is 3.09. The van der Waals surface area contributed by atoms with Crippen molar-refractivity contribution in [2.45, 2.75) is 18.9 Å². The zero-order valence-corrected chi connectivity index (χ0v) is 11.7. The molecule has 1 aliphatic heterocycles. The second-order valence-corrected chi connectivity index (χ2v) is 5.63. The fraction of sp³-hybridized carbons (Fsp3) is 0.267. The summed E-state index contributed by atoms with van der Waals surface area (Å²) in [6.45, 7) is 0.738. The predicted molar refractivity (Wildman–Crippen MR) is 78.4 cm³/mol. The summed E-state index contributed by atoms with van der Waals surface area (Å²) in [6, 6.07) is 8.00. The number of benzene rings is 1. The summed E-state index contributed by atoms with van der Waals surface area (Å²) in [7, 11) is 0. The molecule has 5 heteroatoms. The van der Waals surface area contributed by atoms with Crippen molar-refractivity contribution in [1.29, 1.82) is 0 Å². The van der Waals surface area contributed by atoms with Crippen LogP contribution in [0.5, 0.6) is 0 Å². The molecule has 0 unspecified atom stereocenters. The number of halogens is 1. The number of anilines is 1. The fourth-order valence-electron chi connectivity index (χ4n) is 2.58. The van der Waals surface area contributed by atoms with Gasteiger partial charge in [0.2, 0.25) is 0 Å². The molecule has 0 radical (unpaired) electrons. The molecule has 0 bridgehead atoms. The first kappa shape index (κ1) is 13.1. The molecule has 2 heterocycles. The molecule has 1 fully saturated rings. The third kappa shape index (κ3) is 2.67. The van der Waals surface area contributed by atoms with Gasteiger partial charge in [-0.2, -0.15) is 11.3 Å². The molecule has 0 spiro atoms. The van der Waals surface area contributed by atoms with Crippen LogP contribution in [-0.4, -0.2) is 17.5 Å². The molecule has 2 amide bonds. The Morgan fingerprint density at radius 1 is 1.40 bits per heavy atom. The molecular weight excluding hydrogens is 275 g/mol. The molecule has 1 atom stereocenters. The minimum absolute atomic E-state index is 0.134. The highest BCUT2D eigenvalue weighted by atomic mass is 32.1. The van der Waals surface area contributed by atoms with E-state index in [-0.39, 0.29) is 17.9 Å². The number of likely N-dealkylation sites (tertiary alicyclic amines) is 1. The van der Waals surface area contributed by atoms with E-state index in [4.69, 9.17) is 0 Å². The van der Waals surface area contributed by atoms with Gasteiger partial charge in [0.05, 0.1) is 6.04 Å². The summed E-state index contributed by atoms with van der Waals surface area (Å²) in [4.78, 5) is 14.2. The van der Waals surface area contributed by atoms with Crippen molar-refractivity contribution in [2.75, 3.05) is 11.9 Å². The highest BCUT2D eigenvalue weighted by molar-refractivity contribution is 7.07. The van der Waals surface area contributed by atoms with Crippen molar-refractivity contribution < 1.29 is 9.18 Å². The quantitative estimate of drug-likeness (QED) is 0.880. The molecule has 1 N–H and O–H groups in total. The maximum Gasteiger partial charge on any atom is 0.322 e. The van der Waals surface area contributed by atoms with E-state index in [2.05, 4.69) is 16.8 Å². The standard InChI is InChI=1S/C15H15FN2OS/c16-12-3-1-4-13(9-12)17-15(19)18-7-2-5-14(18)11-6-8-20-10-11/h1,3-4,6,8-10,14H,2,5,7H2,(H,17,19)/t14-/m0/s1. The van der Waals surface area contributed by atoms with Crippen LogP contribution in [0, 0.1) is 5.82 Å². The number of thiophene rings is 1. The predicted octanol–water partition coefficient (Wildman–Crippen LogP) is 4.26. The maximum atomic E-state index is 13.1. The topological polar surface area (TPSA) is 32.3 Å². The van der Waals surface area contributed by atoms with E-state index < -0.39 is 0 Å². The Morgan fingerprint density at radius 3 is 3.05 bits per heavy atom. The van der Waals surface area contributed by atoms with Crippen molar-refractivity contribution >= 4 is 23.1 Å². The van der Waals surface area contributed by atoms with Gasteiger partial charge in [0.1, 0.15) is 5.82 Å². The summed E-state index contributed by atoms with van der Waals surface area (Å²) < 4.78 is 13.1. The number of amides is 2. The summed E-state index contributed by atoms with van der Waals surface area (Å²) in [6.07, 6.45) is 1.98. The van der Waals surface area contributed by atoms with Crippen LogP contribution in [-0.2, 0) is 0 Å². The second-order valence-electron chi connectivity index (χ2n) is 4.85. The number of carbonyl (C=O) groups is 1. The first-order valence-electron chi connectivity index (χ1n) is 6.59. The molecule has 3 rings (SSSR count). The van der Waals surface area contributed by atoms with Gasteiger partial charge < -0.3 is 10.2 Å². The molecule has 1 aromatic carbocycles. The van der Waals surface area contributed by atoms with E-state index in [0.717, 1.165) is 19.4 Å². The maximum absolute atomic E-state index is 13.1. The Morgan fingerprint density at radius 2 is 2.30 bits per heavy atom. The SMILES string of the molecule is O=C(Nc1cccc(F)c1)N1CCC[C@H]1c1ccsc1. The Bertz CT molecular complexity index is 600. The zero-order chi connectivity index (χ0) is 13.9. The lowest BCUT2D eigenvalue weighted by Gasteiger charge is -2.24. The van der Waals surface area contributed by atoms with Gasteiger partial charge in [0.15, 0.2) is 0 Å². The number of nitrogens with one attached hydrogen (secondary N) is 1.